The Morgan fingerprint density at radius 3 is 2.41 bits per heavy atom. The molecule has 0 atom stereocenters. The molecule has 0 heterocycles. The highest BCUT2D eigenvalue weighted by atomic mass is 16.6. The normalized spacial score (nSPS) is 16.9. The largest absolute Gasteiger partial charge is 0.443 e. The average Bonchev–Trinajstić information content (AvgIpc) is 2.27. The van der Waals surface area contributed by atoms with Gasteiger partial charge in [-0.2, -0.15) is 0 Å². The van der Waals surface area contributed by atoms with Gasteiger partial charge in [0.25, 0.3) is 0 Å². The van der Waals surface area contributed by atoms with E-state index in [2.05, 4.69) is 18.4 Å². The fourth-order valence-corrected chi connectivity index (χ4v) is 1.87. The molecular formula is C15H22O2. The van der Waals surface area contributed by atoms with Gasteiger partial charge in [-0.3, -0.25) is 0 Å². The quantitative estimate of drug-likeness (QED) is 0.415. The van der Waals surface area contributed by atoms with Crippen molar-refractivity contribution in [3.8, 4) is 11.8 Å². The third-order valence-corrected chi connectivity index (χ3v) is 2.88. The Morgan fingerprint density at radius 1 is 1.29 bits per heavy atom. The highest BCUT2D eigenvalue weighted by molar-refractivity contribution is 5.87. The van der Waals surface area contributed by atoms with E-state index in [1.54, 1.807) is 6.92 Å². The zero-order valence-corrected chi connectivity index (χ0v) is 11.1. The molecule has 1 saturated carbocycles. The van der Waals surface area contributed by atoms with Crippen LogP contribution in [0.25, 0.3) is 0 Å². The van der Waals surface area contributed by atoms with Crippen molar-refractivity contribution in [3.63, 3.8) is 0 Å². The van der Waals surface area contributed by atoms with E-state index < -0.39 is 5.60 Å². The summed E-state index contributed by atoms with van der Waals surface area (Å²) < 4.78 is 5.28. The second-order valence-electron chi connectivity index (χ2n) is 5.28. The monoisotopic (exact) mass is 234 g/mol. The van der Waals surface area contributed by atoms with Crippen LogP contribution in [0.5, 0.6) is 0 Å². The van der Waals surface area contributed by atoms with Crippen molar-refractivity contribution in [3.05, 3.63) is 12.2 Å². The summed E-state index contributed by atoms with van der Waals surface area (Å²) in [5, 5.41) is 0. The minimum atomic E-state index is -0.715. The van der Waals surface area contributed by atoms with Gasteiger partial charge in [-0.1, -0.05) is 37.7 Å². The molecule has 0 radical (unpaired) electrons. The van der Waals surface area contributed by atoms with Gasteiger partial charge in [-0.15, -0.1) is 0 Å². The molecular weight excluding hydrogens is 212 g/mol. The molecule has 0 saturated heterocycles. The molecule has 0 unspecified atom stereocenters. The van der Waals surface area contributed by atoms with Gasteiger partial charge >= 0.3 is 5.97 Å². The number of hydrogen-bond acceptors (Lipinski definition) is 2. The molecule has 1 rings (SSSR count). The minimum Gasteiger partial charge on any atom is -0.443 e. The predicted octanol–water partition coefficient (Wildman–Crippen LogP) is 3.47. The van der Waals surface area contributed by atoms with Crippen LogP contribution in [0.1, 0.15) is 52.9 Å². The summed E-state index contributed by atoms with van der Waals surface area (Å²) in [6.07, 6.45) is 6.22. The summed E-state index contributed by atoms with van der Waals surface area (Å²) in [6.45, 7) is 8.86. The van der Waals surface area contributed by atoms with Crippen molar-refractivity contribution in [2.45, 2.75) is 58.5 Å². The minimum absolute atomic E-state index is 0.368. The molecule has 1 aliphatic carbocycles. The number of hydrogen-bond donors (Lipinski definition) is 0. The van der Waals surface area contributed by atoms with E-state index in [4.69, 9.17) is 4.74 Å². The highest BCUT2D eigenvalue weighted by Gasteiger charge is 2.21. The van der Waals surface area contributed by atoms with Crippen LogP contribution >= 0.6 is 0 Å². The standard InChI is InChI=1S/C15H22O2/c1-12(2)14(16)17-15(3,4)11-10-13-8-6-5-7-9-13/h13H,1,5-9H2,2-4H3. The summed E-state index contributed by atoms with van der Waals surface area (Å²) in [4.78, 5) is 11.4. The Morgan fingerprint density at radius 2 is 1.88 bits per heavy atom. The van der Waals surface area contributed by atoms with Gasteiger partial charge in [0.15, 0.2) is 5.60 Å². The molecule has 94 valence electrons. The van der Waals surface area contributed by atoms with Gasteiger partial charge in [-0.25, -0.2) is 4.79 Å². The lowest BCUT2D eigenvalue weighted by atomic mass is 9.89. The van der Waals surface area contributed by atoms with Crippen LogP contribution < -0.4 is 0 Å². The molecule has 2 nitrogen and oxygen atoms in total. The summed E-state index contributed by atoms with van der Waals surface area (Å²) in [7, 11) is 0. The first-order chi connectivity index (χ1) is 7.91. The van der Waals surface area contributed by atoms with Gasteiger partial charge in [0, 0.05) is 11.5 Å². The number of esters is 1. The topological polar surface area (TPSA) is 26.3 Å². The van der Waals surface area contributed by atoms with Crippen molar-refractivity contribution in [1.82, 2.24) is 0 Å². The Labute approximate surface area is 104 Å². The first-order valence-corrected chi connectivity index (χ1v) is 6.32. The second kappa shape index (κ2) is 5.91. The Balaban J connectivity index is 2.55. The van der Waals surface area contributed by atoms with Crippen molar-refractivity contribution >= 4 is 5.97 Å². The fraction of sp³-hybridized carbons (Fsp3) is 0.667. The van der Waals surface area contributed by atoms with Crippen LogP contribution in [0.15, 0.2) is 12.2 Å². The van der Waals surface area contributed by atoms with Gasteiger partial charge in [-0.05, 0) is 33.6 Å². The number of rotatable bonds is 2. The molecule has 0 aromatic rings. The van der Waals surface area contributed by atoms with E-state index in [-0.39, 0.29) is 5.97 Å². The second-order valence-corrected chi connectivity index (χ2v) is 5.28. The van der Waals surface area contributed by atoms with E-state index in [0.29, 0.717) is 11.5 Å². The van der Waals surface area contributed by atoms with Crippen molar-refractivity contribution in [2.24, 2.45) is 5.92 Å². The maximum Gasteiger partial charge on any atom is 0.334 e. The summed E-state index contributed by atoms with van der Waals surface area (Å²) in [6, 6.07) is 0. The lowest BCUT2D eigenvalue weighted by Crippen LogP contribution is -2.26. The summed E-state index contributed by atoms with van der Waals surface area (Å²) in [5.41, 5.74) is -0.300. The van der Waals surface area contributed by atoms with Crippen molar-refractivity contribution < 1.29 is 9.53 Å². The van der Waals surface area contributed by atoms with E-state index >= 15 is 0 Å². The van der Waals surface area contributed by atoms with Crippen LogP contribution in [0.2, 0.25) is 0 Å². The molecule has 1 fully saturated rings. The van der Waals surface area contributed by atoms with Gasteiger partial charge in [0.1, 0.15) is 0 Å². The first kappa shape index (κ1) is 13.8. The van der Waals surface area contributed by atoms with E-state index in [0.717, 1.165) is 0 Å². The van der Waals surface area contributed by atoms with Gasteiger partial charge < -0.3 is 4.74 Å². The highest BCUT2D eigenvalue weighted by Crippen LogP contribution is 2.23. The van der Waals surface area contributed by atoms with Crippen LogP contribution in [0, 0.1) is 17.8 Å². The SMILES string of the molecule is C=C(C)C(=O)OC(C)(C)C#CC1CCCCC1. The molecule has 0 amide bonds. The lowest BCUT2D eigenvalue weighted by molar-refractivity contribution is -0.146. The first-order valence-electron chi connectivity index (χ1n) is 6.32. The van der Waals surface area contributed by atoms with E-state index in [1.165, 1.54) is 32.1 Å². The molecule has 1 aliphatic rings. The van der Waals surface area contributed by atoms with Crippen LogP contribution in [0.3, 0.4) is 0 Å². The van der Waals surface area contributed by atoms with Crippen LogP contribution in [-0.2, 0) is 9.53 Å². The van der Waals surface area contributed by atoms with Crippen molar-refractivity contribution in [2.75, 3.05) is 0 Å². The maximum atomic E-state index is 11.4. The molecule has 2 heteroatoms. The summed E-state index contributed by atoms with van der Waals surface area (Å²) >= 11 is 0. The molecule has 17 heavy (non-hydrogen) atoms. The third kappa shape index (κ3) is 5.08. The van der Waals surface area contributed by atoms with Gasteiger partial charge in [0.2, 0.25) is 0 Å². The van der Waals surface area contributed by atoms with Gasteiger partial charge in [0.05, 0.1) is 0 Å². The average molecular weight is 234 g/mol. The van der Waals surface area contributed by atoms with Crippen LogP contribution in [-0.4, -0.2) is 11.6 Å². The maximum absolute atomic E-state index is 11.4. The molecule has 0 aliphatic heterocycles. The summed E-state index contributed by atoms with van der Waals surface area (Å²) in [5.74, 6) is 6.44. The Hall–Kier alpha value is -1.23. The number of carbonyl (C=O) groups is 1. The van der Waals surface area contributed by atoms with Crippen LogP contribution in [0.4, 0.5) is 0 Å². The smallest absolute Gasteiger partial charge is 0.334 e. The predicted molar refractivity (Wildman–Crippen MR) is 69.3 cm³/mol. The molecule has 0 aromatic carbocycles. The molecule has 0 aromatic heterocycles. The molecule has 0 bridgehead atoms. The zero-order chi connectivity index (χ0) is 12.9. The number of ether oxygens (including phenoxy) is 1. The lowest BCUT2D eigenvalue weighted by Gasteiger charge is -2.20. The molecule has 0 spiro atoms. The molecule has 0 N–H and O–H groups in total. The number of carbonyl (C=O) groups excluding carboxylic acids is 1. The fourth-order valence-electron chi connectivity index (χ4n) is 1.87. The van der Waals surface area contributed by atoms with E-state index in [9.17, 15) is 4.79 Å². The third-order valence-electron chi connectivity index (χ3n) is 2.88. The van der Waals surface area contributed by atoms with E-state index in [1.807, 2.05) is 13.8 Å². The zero-order valence-electron chi connectivity index (χ0n) is 11.1. The Bertz CT molecular complexity index is 349. The Kier molecular flexibility index (Phi) is 4.81. The van der Waals surface area contributed by atoms with Crippen molar-refractivity contribution in [1.29, 1.82) is 0 Å².